The molecular formula is C18H21BrN2O. The van der Waals surface area contributed by atoms with Crippen molar-refractivity contribution in [2.75, 3.05) is 17.2 Å². The molecule has 116 valence electrons. The lowest BCUT2D eigenvalue weighted by Gasteiger charge is -2.11. The van der Waals surface area contributed by atoms with Crippen LogP contribution in [-0.2, 0) is 4.79 Å². The fourth-order valence-electron chi connectivity index (χ4n) is 2.17. The van der Waals surface area contributed by atoms with E-state index < -0.39 is 0 Å². The number of halogens is 1. The molecule has 2 aromatic carbocycles. The summed E-state index contributed by atoms with van der Waals surface area (Å²) < 4.78 is 1.09. The highest BCUT2D eigenvalue weighted by Crippen LogP contribution is 2.20. The molecule has 0 heterocycles. The molecule has 2 aromatic rings. The van der Waals surface area contributed by atoms with Crippen molar-refractivity contribution in [3.63, 3.8) is 0 Å². The number of aryl methyl sites for hydroxylation is 2. The molecule has 1 amide bonds. The first-order valence-electron chi connectivity index (χ1n) is 7.33. The van der Waals surface area contributed by atoms with E-state index in [2.05, 4.69) is 32.6 Å². The van der Waals surface area contributed by atoms with Gasteiger partial charge in [0.05, 0.1) is 0 Å². The number of rotatable bonds is 5. The van der Waals surface area contributed by atoms with Crippen LogP contribution < -0.4 is 10.6 Å². The average molecular weight is 361 g/mol. The molecule has 2 rings (SSSR count). The van der Waals surface area contributed by atoms with Crippen molar-refractivity contribution in [2.24, 2.45) is 0 Å². The lowest BCUT2D eigenvalue weighted by atomic mass is 10.1. The van der Waals surface area contributed by atoms with Crippen molar-refractivity contribution in [1.29, 1.82) is 0 Å². The molecule has 0 spiro atoms. The maximum Gasteiger partial charge on any atom is 0.226 e. The predicted octanol–water partition coefficient (Wildman–Crippen LogP) is 4.82. The Hall–Kier alpha value is -1.81. The Kier molecular flexibility index (Phi) is 5.61. The van der Waals surface area contributed by atoms with Crippen LogP contribution >= 0.6 is 15.9 Å². The van der Waals surface area contributed by atoms with Crippen LogP contribution in [0.25, 0.3) is 0 Å². The van der Waals surface area contributed by atoms with E-state index in [9.17, 15) is 4.79 Å². The molecular weight excluding hydrogens is 340 g/mol. The normalized spacial score (nSPS) is 10.4. The third-order valence-corrected chi connectivity index (χ3v) is 4.61. The Balaban J connectivity index is 1.85. The summed E-state index contributed by atoms with van der Waals surface area (Å²) in [6, 6.07) is 12.0. The summed E-state index contributed by atoms with van der Waals surface area (Å²) in [5.74, 6) is 0.0232. The van der Waals surface area contributed by atoms with E-state index in [4.69, 9.17) is 0 Å². The van der Waals surface area contributed by atoms with E-state index in [1.807, 2.05) is 51.1 Å². The minimum atomic E-state index is 0.0232. The van der Waals surface area contributed by atoms with E-state index in [0.717, 1.165) is 21.4 Å². The van der Waals surface area contributed by atoms with E-state index in [1.165, 1.54) is 11.1 Å². The van der Waals surface area contributed by atoms with Crippen molar-refractivity contribution >= 4 is 33.2 Å². The van der Waals surface area contributed by atoms with Gasteiger partial charge in [-0.2, -0.15) is 0 Å². The van der Waals surface area contributed by atoms with Crippen LogP contribution in [0.15, 0.2) is 40.9 Å². The smallest absolute Gasteiger partial charge is 0.226 e. The maximum atomic E-state index is 12.0. The van der Waals surface area contributed by atoms with Crippen molar-refractivity contribution in [1.82, 2.24) is 0 Å². The van der Waals surface area contributed by atoms with Crippen LogP contribution in [0, 0.1) is 20.8 Å². The van der Waals surface area contributed by atoms with Gasteiger partial charge in [0.2, 0.25) is 5.91 Å². The quantitative estimate of drug-likeness (QED) is 0.802. The molecule has 3 nitrogen and oxygen atoms in total. The Morgan fingerprint density at radius 2 is 1.86 bits per heavy atom. The second-order valence-electron chi connectivity index (χ2n) is 5.44. The van der Waals surface area contributed by atoms with Crippen LogP contribution in [0.2, 0.25) is 0 Å². The van der Waals surface area contributed by atoms with E-state index in [-0.39, 0.29) is 5.91 Å². The summed E-state index contributed by atoms with van der Waals surface area (Å²) in [7, 11) is 0. The zero-order chi connectivity index (χ0) is 16.1. The Morgan fingerprint density at radius 3 is 2.59 bits per heavy atom. The SMILES string of the molecule is Cc1cc(NCCC(=O)Nc2cccc(C)c2C)ccc1Br. The Morgan fingerprint density at radius 1 is 1.09 bits per heavy atom. The molecule has 0 atom stereocenters. The van der Waals surface area contributed by atoms with Crippen molar-refractivity contribution in [2.45, 2.75) is 27.2 Å². The van der Waals surface area contributed by atoms with Crippen LogP contribution in [0.1, 0.15) is 23.1 Å². The highest BCUT2D eigenvalue weighted by molar-refractivity contribution is 9.10. The summed E-state index contributed by atoms with van der Waals surface area (Å²) in [6.07, 6.45) is 0.433. The number of anilines is 2. The van der Waals surface area contributed by atoms with Crippen molar-refractivity contribution in [3.8, 4) is 0 Å². The summed E-state index contributed by atoms with van der Waals surface area (Å²) in [6.45, 7) is 6.72. The highest BCUT2D eigenvalue weighted by Gasteiger charge is 2.06. The fraction of sp³-hybridized carbons (Fsp3) is 0.278. The summed E-state index contributed by atoms with van der Waals surface area (Å²) in [5, 5.41) is 6.25. The number of carbonyl (C=O) groups is 1. The van der Waals surface area contributed by atoms with Crippen molar-refractivity contribution < 1.29 is 4.79 Å². The lowest BCUT2D eigenvalue weighted by molar-refractivity contribution is -0.115. The van der Waals surface area contributed by atoms with Gasteiger partial charge in [0.15, 0.2) is 0 Å². The summed E-state index contributed by atoms with van der Waals surface area (Å²) >= 11 is 3.48. The third kappa shape index (κ3) is 4.34. The molecule has 0 saturated heterocycles. The number of nitrogens with one attached hydrogen (secondary N) is 2. The summed E-state index contributed by atoms with van der Waals surface area (Å²) in [4.78, 5) is 12.0. The Bertz CT molecular complexity index is 683. The van der Waals surface area contributed by atoms with Gasteiger partial charge in [-0.3, -0.25) is 4.79 Å². The van der Waals surface area contributed by atoms with Crippen LogP contribution in [0.5, 0.6) is 0 Å². The average Bonchev–Trinajstić information content (AvgIpc) is 2.48. The number of hydrogen-bond donors (Lipinski definition) is 2. The molecule has 0 aliphatic carbocycles. The first kappa shape index (κ1) is 16.6. The fourth-order valence-corrected chi connectivity index (χ4v) is 2.42. The molecule has 0 aromatic heterocycles. The Labute approximate surface area is 140 Å². The van der Waals surface area contributed by atoms with Gasteiger partial charge < -0.3 is 10.6 Å². The largest absolute Gasteiger partial charge is 0.385 e. The first-order valence-corrected chi connectivity index (χ1v) is 8.13. The molecule has 0 aliphatic rings. The lowest BCUT2D eigenvalue weighted by Crippen LogP contribution is -2.17. The maximum absolute atomic E-state index is 12.0. The second-order valence-corrected chi connectivity index (χ2v) is 6.29. The zero-order valence-electron chi connectivity index (χ0n) is 13.2. The number of benzene rings is 2. The van der Waals surface area contributed by atoms with Gasteiger partial charge in [-0.1, -0.05) is 28.1 Å². The monoisotopic (exact) mass is 360 g/mol. The molecule has 0 aliphatic heterocycles. The van der Waals surface area contributed by atoms with Gasteiger partial charge in [0.1, 0.15) is 0 Å². The molecule has 4 heteroatoms. The minimum Gasteiger partial charge on any atom is -0.385 e. The van der Waals surface area contributed by atoms with Crippen LogP contribution in [-0.4, -0.2) is 12.5 Å². The van der Waals surface area contributed by atoms with E-state index >= 15 is 0 Å². The third-order valence-electron chi connectivity index (χ3n) is 3.72. The summed E-state index contributed by atoms with van der Waals surface area (Å²) in [5.41, 5.74) is 5.39. The molecule has 22 heavy (non-hydrogen) atoms. The molecule has 0 saturated carbocycles. The van der Waals surface area contributed by atoms with Crippen LogP contribution in [0.3, 0.4) is 0 Å². The molecule has 0 unspecified atom stereocenters. The van der Waals surface area contributed by atoms with Gasteiger partial charge >= 0.3 is 0 Å². The minimum absolute atomic E-state index is 0.0232. The number of hydrogen-bond acceptors (Lipinski definition) is 2. The molecule has 0 bridgehead atoms. The first-order chi connectivity index (χ1) is 10.5. The topological polar surface area (TPSA) is 41.1 Å². The molecule has 0 fully saturated rings. The van der Waals surface area contributed by atoms with Crippen molar-refractivity contribution in [3.05, 3.63) is 57.6 Å². The van der Waals surface area contributed by atoms with Crippen LogP contribution in [0.4, 0.5) is 11.4 Å². The predicted molar refractivity (Wildman–Crippen MR) is 96.5 cm³/mol. The molecule has 0 radical (unpaired) electrons. The number of amides is 1. The van der Waals surface area contributed by atoms with Gasteiger partial charge in [0.25, 0.3) is 0 Å². The second kappa shape index (κ2) is 7.45. The van der Waals surface area contributed by atoms with Gasteiger partial charge in [-0.05, 0) is 61.7 Å². The zero-order valence-corrected chi connectivity index (χ0v) is 14.8. The standard InChI is InChI=1S/C18H21BrN2O/c1-12-5-4-6-17(14(12)3)21-18(22)9-10-20-15-7-8-16(19)13(2)11-15/h4-8,11,20H,9-10H2,1-3H3,(H,21,22). The van der Waals surface area contributed by atoms with E-state index in [0.29, 0.717) is 13.0 Å². The van der Waals surface area contributed by atoms with Gasteiger partial charge in [0, 0.05) is 28.8 Å². The van der Waals surface area contributed by atoms with E-state index in [1.54, 1.807) is 0 Å². The number of carbonyl (C=O) groups excluding carboxylic acids is 1. The molecule has 2 N–H and O–H groups in total. The van der Waals surface area contributed by atoms with Gasteiger partial charge in [-0.15, -0.1) is 0 Å². The highest BCUT2D eigenvalue weighted by atomic mass is 79.9. The van der Waals surface area contributed by atoms with Gasteiger partial charge in [-0.25, -0.2) is 0 Å².